The molecule has 18 heavy (non-hydrogen) atoms. The Bertz CT molecular complexity index is 420. The Morgan fingerprint density at radius 2 is 1.94 bits per heavy atom. The summed E-state index contributed by atoms with van der Waals surface area (Å²) in [5.74, 6) is 0.427. The maximum absolute atomic E-state index is 11.5. The third-order valence-electron chi connectivity index (χ3n) is 3.53. The molecule has 1 fully saturated rings. The van der Waals surface area contributed by atoms with Gasteiger partial charge in [-0.05, 0) is 50.8 Å². The number of hydrogen-bond donors (Lipinski definition) is 0. The zero-order valence-corrected chi connectivity index (χ0v) is 11.1. The molecule has 0 spiro atoms. The van der Waals surface area contributed by atoms with Gasteiger partial charge in [-0.25, -0.2) is 4.79 Å². The Kier molecular flexibility index (Phi) is 3.90. The summed E-state index contributed by atoms with van der Waals surface area (Å²) in [7, 11) is 1.39. The molecule has 1 aliphatic carbocycles. The summed E-state index contributed by atoms with van der Waals surface area (Å²) >= 11 is 0. The van der Waals surface area contributed by atoms with Gasteiger partial charge in [-0.15, -0.1) is 0 Å². The summed E-state index contributed by atoms with van der Waals surface area (Å²) in [5.41, 5.74) is 0.446. The van der Waals surface area contributed by atoms with Crippen LogP contribution < -0.4 is 4.74 Å². The van der Waals surface area contributed by atoms with Gasteiger partial charge in [0.1, 0.15) is 11.4 Å². The molecular formula is C15H20O3. The normalized spacial score (nSPS) is 18.1. The van der Waals surface area contributed by atoms with E-state index >= 15 is 0 Å². The van der Waals surface area contributed by atoms with Crippen LogP contribution in [-0.2, 0) is 4.74 Å². The summed E-state index contributed by atoms with van der Waals surface area (Å²) in [6.45, 7) is 2.15. The largest absolute Gasteiger partial charge is 0.488 e. The first-order valence-electron chi connectivity index (χ1n) is 6.50. The molecule has 1 aliphatic rings. The second-order valence-corrected chi connectivity index (χ2v) is 5.13. The lowest BCUT2D eigenvalue weighted by Gasteiger charge is -2.34. The third kappa shape index (κ3) is 3.03. The van der Waals surface area contributed by atoms with Crippen LogP contribution in [0.3, 0.4) is 0 Å². The molecule has 0 aromatic heterocycles. The molecule has 3 nitrogen and oxygen atoms in total. The van der Waals surface area contributed by atoms with Gasteiger partial charge in [-0.3, -0.25) is 0 Å². The lowest BCUT2D eigenvalue weighted by molar-refractivity contribution is 0.0478. The lowest BCUT2D eigenvalue weighted by atomic mass is 9.86. The molecule has 1 saturated carbocycles. The van der Waals surface area contributed by atoms with E-state index in [1.165, 1.54) is 26.4 Å². The first-order chi connectivity index (χ1) is 8.63. The van der Waals surface area contributed by atoms with Crippen LogP contribution in [0.15, 0.2) is 24.3 Å². The van der Waals surface area contributed by atoms with Crippen molar-refractivity contribution in [2.24, 2.45) is 0 Å². The molecule has 0 N–H and O–H groups in total. The van der Waals surface area contributed by atoms with Gasteiger partial charge in [0, 0.05) is 0 Å². The fraction of sp³-hybridized carbons (Fsp3) is 0.533. The third-order valence-corrected chi connectivity index (χ3v) is 3.53. The van der Waals surface area contributed by atoms with E-state index in [0.29, 0.717) is 5.56 Å². The number of esters is 1. The second kappa shape index (κ2) is 5.42. The van der Waals surface area contributed by atoms with Gasteiger partial charge in [0.15, 0.2) is 0 Å². The SMILES string of the molecule is COC(=O)c1cccc(OC2(C)CCCCC2)c1. The molecule has 0 aliphatic heterocycles. The van der Waals surface area contributed by atoms with Crippen molar-refractivity contribution in [2.45, 2.75) is 44.6 Å². The van der Waals surface area contributed by atoms with Gasteiger partial charge in [-0.2, -0.15) is 0 Å². The summed E-state index contributed by atoms with van der Waals surface area (Å²) < 4.78 is 10.8. The zero-order chi connectivity index (χ0) is 13.0. The highest BCUT2D eigenvalue weighted by Gasteiger charge is 2.28. The predicted octanol–water partition coefficient (Wildman–Crippen LogP) is 3.57. The van der Waals surface area contributed by atoms with Gasteiger partial charge in [0.25, 0.3) is 0 Å². The van der Waals surface area contributed by atoms with E-state index < -0.39 is 0 Å². The van der Waals surface area contributed by atoms with Crippen LogP contribution in [0.5, 0.6) is 5.75 Å². The van der Waals surface area contributed by atoms with Gasteiger partial charge in [-0.1, -0.05) is 12.5 Å². The summed E-state index contributed by atoms with van der Waals surface area (Å²) in [5, 5.41) is 0. The molecule has 0 bridgehead atoms. The highest BCUT2D eigenvalue weighted by Crippen LogP contribution is 2.32. The van der Waals surface area contributed by atoms with Crippen molar-refractivity contribution in [1.29, 1.82) is 0 Å². The van der Waals surface area contributed by atoms with Gasteiger partial charge < -0.3 is 9.47 Å². The highest BCUT2D eigenvalue weighted by atomic mass is 16.5. The standard InChI is InChI=1S/C15H20O3/c1-15(9-4-3-5-10-15)18-13-8-6-7-12(11-13)14(16)17-2/h6-8,11H,3-5,9-10H2,1-2H3. The van der Waals surface area contributed by atoms with Gasteiger partial charge in [0.2, 0.25) is 0 Å². The molecule has 0 heterocycles. The second-order valence-electron chi connectivity index (χ2n) is 5.13. The van der Waals surface area contributed by atoms with E-state index in [9.17, 15) is 4.79 Å². The average Bonchev–Trinajstić information content (AvgIpc) is 2.38. The number of benzene rings is 1. The van der Waals surface area contributed by atoms with Crippen LogP contribution >= 0.6 is 0 Å². The van der Waals surface area contributed by atoms with E-state index in [4.69, 9.17) is 9.47 Å². The number of carbonyl (C=O) groups excluding carboxylic acids is 1. The van der Waals surface area contributed by atoms with Crippen molar-refractivity contribution < 1.29 is 14.3 Å². The smallest absolute Gasteiger partial charge is 0.337 e. The molecule has 0 atom stereocenters. The Balaban J connectivity index is 2.11. The van der Waals surface area contributed by atoms with Crippen molar-refractivity contribution in [3.05, 3.63) is 29.8 Å². The van der Waals surface area contributed by atoms with Crippen LogP contribution in [0.4, 0.5) is 0 Å². The summed E-state index contributed by atoms with van der Waals surface area (Å²) in [6.07, 6.45) is 5.88. The van der Waals surface area contributed by atoms with Gasteiger partial charge >= 0.3 is 5.97 Å². The minimum atomic E-state index is -0.325. The fourth-order valence-corrected chi connectivity index (χ4v) is 2.49. The zero-order valence-electron chi connectivity index (χ0n) is 11.1. The topological polar surface area (TPSA) is 35.5 Å². The number of methoxy groups -OCH3 is 1. The first-order valence-corrected chi connectivity index (χ1v) is 6.50. The molecule has 0 amide bonds. The Morgan fingerprint density at radius 3 is 2.61 bits per heavy atom. The summed E-state index contributed by atoms with van der Waals surface area (Å²) in [6, 6.07) is 7.22. The van der Waals surface area contributed by atoms with Crippen LogP contribution in [-0.4, -0.2) is 18.7 Å². The predicted molar refractivity (Wildman–Crippen MR) is 69.9 cm³/mol. The molecule has 0 radical (unpaired) electrons. The highest BCUT2D eigenvalue weighted by molar-refractivity contribution is 5.89. The summed E-state index contributed by atoms with van der Waals surface area (Å²) in [4.78, 5) is 11.5. The maximum atomic E-state index is 11.5. The van der Waals surface area contributed by atoms with E-state index in [1.54, 1.807) is 12.1 Å². The minimum Gasteiger partial charge on any atom is -0.488 e. The average molecular weight is 248 g/mol. The number of rotatable bonds is 3. The molecule has 3 heteroatoms. The van der Waals surface area contributed by atoms with E-state index in [0.717, 1.165) is 18.6 Å². The quantitative estimate of drug-likeness (QED) is 0.767. The molecule has 1 aromatic rings. The number of ether oxygens (including phenoxy) is 2. The molecule has 0 unspecified atom stereocenters. The number of hydrogen-bond acceptors (Lipinski definition) is 3. The van der Waals surface area contributed by atoms with Crippen molar-refractivity contribution in [2.75, 3.05) is 7.11 Å². The van der Waals surface area contributed by atoms with E-state index in [1.807, 2.05) is 12.1 Å². The Labute approximate surface area is 108 Å². The molecular weight excluding hydrogens is 228 g/mol. The van der Waals surface area contributed by atoms with Crippen LogP contribution in [0.25, 0.3) is 0 Å². The molecule has 2 rings (SSSR count). The van der Waals surface area contributed by atoms with E-state index in [2.05, 4.69) is 6.92 Å². The monoisotopic (exact) mass is 248 g/mol. The van der Waals surface area contributed by atoms with Crippen LogP contribution in [0.2, 0.25) is 0 Å². The van der Waals surface area contributed by atoms with Crippen LogP contribution in [0, 0.1) is 0 Å². The minimum absolute atomic E-state index is 0.0903. The molecule has 98 valence electrons. The van der Waals surface area contributed by atoms with Crippen molar-refractivity contribution in [1.82, 2.24) is 0 Å². The maximum Gasteiger partial charge on any atom is 0.337 e. The number of carbonyl (C=O) groups is 1. The van der Waals surface area contributed by atoms with Crippen molar-refractivity contribution in [3.63, 3.8) is 0 Å². The Morgan fingerprint density at radius 1 is 1.22 bits per heavy atom. The van der Waals surface area contributed by atoms with Crippen LogP contribution in [0.1, 0.15) is 49.4 Å². The van der Waals surface area contributed by atoms with E-state index in [-0.39, 0.29) is 11.6 Å². The first kappa shape index (κ1) is 12.9. The van der Waals surface area contributed by atoms with Crippen molar-refractivity contribution >= 4 is 5.97 Å². The lowest BCUT2D eigenvalue weighted by Crippen LogP contribution is -2.34. The Hall–Kier alpha value is -1.51. The van der Waals surface area contributed by atoms with Crippen molar-refractivity contribution in [3.8, 4) is 5.75 Å². The molecule has 1 aromatic carbocycles. The fourth-order valence-electron chi connectivity index (χ4n) is 2.49. The molecule has 0 saturated heterocycles. The van der Waals surface area contributed by atoms with Gasteiger partial charge in [0.05, 0.1) is 12.7 Å².